The summed E-state index contributed by atoms with van der Waals surface area (Å²) >= 11 is 5.55. The van der Waals surface area contributed by atoms with Crippen molar-refractivity contribution in [3.05, 3.63) is 39.9 Å². The maximum absolute atomic E-state index is 10.4. The normalized spacial score (nSPS) is 12.4. The fourth-order valence-electron chi connectivity index (χ4n) is 1.11. The molecule has 0 fully saturated rings. The van der Waals surface area contributed by atoms with Gasteiger partial charge in [-0.15, -0.1) is 11.6 Å². The minimum Gasteiger partial charge on any atom is -0.326 e. The Bertz CT molecular complexity index is 313. The van der Waals surface area contributed by atoms with Gasteiger partial charge in [-0.05, 0) is 12.0 Å². The number of alkyl halides is 1. The number of nitro groups is 1. The van der Waals surface area contributed by atoms with Gasteiger partial charge in [-0.1, -0.05) is 12.1 Å². The molecule has 0 spiro atoms. The van der Waals surface area contributed by atoms with E-state index in [9.17, 15) is 10.1 Å². The molecule has 5 heteroatoms. The van der Waals surface area contributed by atoms with E-state index in [0.29, 0.717) is 12.3 Å². The highest BCUT2D eigenvalue weighted by Crippen LogP contribution is 2.12. The molecule has 76 valence electrons. The van der Waals surface area contributed by atoms with Crippen LogP contribution in [0.15, 0.2) is 24.3 Å². The second-order valence-corrected chi connectivity index (χ2v) is 3.35. The van der Waals surface area contributed by atoms with E-state index in [1.165, 1.54) is 12.1 Å². The summed E-state index contributed by atoms with van der Waals surface area (Å²) in [5.41, 5.74) is 6.69. The zero-order valence-corrected chi connectivity index (χ0v) is 8.28. The van der Waals surface area contributed by atoms with Crippen molar-refractivity contribution in [1.29, 1.82) is 0 Å². The van der Waals surface area contributed by atoms with Crippen molar-refractivity contribution in [3.63, 3.8) is 0 Å². The third-order valence-electron chi connectivity index (χ3n) is 1.84. The summed E-state index contributed by atoms with van der Waals surface area (Å²) in [7, 11) is 0. The molecule has 0 radical (unpaired) electrons. The van der Waals surface area contributed by atoms with Crippen LogP contribution in [0.3, 0.4) is 0 Å². The maximum Gasteiger partial charge on any atom is 0.269 e. The van der Waals surface area contributed by atoms with Gasteiger partial charge in [0.05, 0.1) is 4.92 Å². The Hall–Kier alpha value is -1.13. The molecule has 0 bridgehead atoms. The van der Waals surface area contributed by atoms with Gasteiger partial charge >= 0.3 is 0 Å². The zero-order valence-electron chi connectivity index (χ0n) is 7.52. The Labute approximate surface area is 86.8 Å². The average molecular weight is 215 g/mol. The molecule has 0 aromatic heterocycles. The van der Waals surface area contributed by atoms with Gasteiger partial charge in [0, 0.05) is 24.1 Å². The Morgan fingerprint density at radius 3 is 2.43 bits per heavy atom. The van der Waals surface area contributed by atoms with Gasteiger partial charge in [-0.25, -0.2) is 0 Å². The Morgan fingerprint density at radius 1 is 1.43 bits per heavy atom. The minimum absolute atomic E-state index is 0.0909. The van der Waals surface area contributed by atoms with Crippen molar-refractivity contribution < 1.29 is 4.92 Å². The molecule has 1 atom stereocenters. The molecule has 1 aromatic carbocycles. The topological polar surface area (TPSA) is 69.2 Å². The maximum atomic E-state index is 10.4. The Balaban J connectivity index is 2.68. The van der Waals surface area contributed by atoms with Crippen molar-refractivity contribution in [1.82, 2.24) is 0 Å². The number of hydrogen-bond acceptors (Lipinski definition) is 3. The van der Waals surface area contributed by atoms with Gasteiger partial charge in [0.25, 0.3) is 5.69 Å². The Morgan fingerprint density at radius 2 is 2.00 bits per heavy atom. The number of nitrogens with two attached hydrogens (primary N) is 1. The molecule has 0 aliphatic rings. The van der Waals surface area contributed by atoms with Gasteiger partial charge in [0.15, 0.2) is 0 Å². The van der Waals surface area contributed by atoms with Crippen LogP contribution in [0.4, 0.5) is 5.69 Å². The predicted molar refractivity (Wildman–Crippen MR) is 55.5 cm³/mol. The monoisotopic (exact) mass is 214 g/mol. The first-order valence-corrected chi connectivity index (χ1v) is 4.72. The van der Waals surface area contributed by atoms with E-state index >= 15 is 0 Å². The number of non-ortho nitro benzene ring substituents is 1. The largest absolute Gasteiger partial charge is 0.326 e. The summed E-state index contributed by atoms with van der Waals surface area (Å²) < 4.78 is 0. The van der Waals surface area contributed by atoms with Gasteiger partial charge in [0.1, 0.15) is 0 Å². The molecule has 1 unspecified atom stereocenters. The van der Waals surface area contributed by atoms with Crippen LogP contribution < -0.4 is 5.73 Å². The van der Waals surface area contributed by atoms with Crippen molar-refractivity contribution >= 4 is 17.3 Å². The predicted octanol–water partition coefficient (Wildman–Crippen LogP) is 1.70. The fraction of sp³-hybridized carbons (Fsp3) is 0.333. The van der Waals surface area contributed by atoms with Crippen molar-refractivity contribution in [2.24, 2.45) is 5.73 Å². The van der Waals surface area contributed by atoms with E-state index in [1.54, 1.807) is 12.1 Å². The molecule has 0 heterocycles. The lowest BCUT2D eigenvalue weighted by molar-refractivity contribution is -0.384. The van der Waals surface area contributed by atoms with E-state index in [-0.39, 0.29) is 11.7 Å². The summed E-state index contributed by atoms with van der Waals surface area (Å²) in [5.74, 6) is 0.386. The van der Waals surface area contributed by atoms with E-state index in [1.807, 2.05) is 0 Å². The molecule has 0 aliphatic carbocycles. The number of halogens is 1. The van der Waals surface area contributed by atoms with E-state index in [2.05, 4.69) is 0 Å². The van der Waals surface area contributed by atoms with Crippen LogP contribution >= 0.6 is 11.6 Å². The lowest BCUT2D eigenvalue weighted by Crippen LogP contribution is -2.24. The number of rotatable bonds is 4. The molecule has 1 rings (SSSR count). The summed E-state index contributed by atoms with van der Waals surface area (Å²) in [6, 6.07) is 6.24. The fourth-order valence-corrected chi connectivity index (χ4v) is 1.22. The minimum atomic E-state index is -0.425. The van der Waals surface area contributed by atoms with Crippen LogP contribution in [0.1, 0.15) is 5.56 Å². The second kappa shape index (κ2) is 4.93. The van der Waals surface area contributed by atoms with Crippen molar-refractivity contribution in [2.75, 3.05) is 5.88 Å². The smallest absolute Gasteiger partial charge is 0.269 e. The van der Waals surface area contributed by atoms with Crippen molar-refractivity contribution in [2.45, 2.75) is 12.5 Å². The Kier molecular flexibility index (Phi) is 3.85. The van der Waals surface area contributed by atoms with Gasteiger partial charge < -0.3 is 5.73 Å². The molecular weight excluding hydrogens is 204 g/mol. The van der Waals surface area contributed by atoms with Crippen LogP contribution in [0.2, 0.25) is 0 Å². The highest BCUT2D eigenvalue weighted by atomic mass is 35.5. The number of nitro benzene ring substituents is 1. The zero-order chi connectivity index (χ0) is 10.6. The molecule has 0 saturated carbocycles. The van der Waals surface area contributed by atoms with Crippen molar-refractivity contribution in [3.8, 4) is 0 Å². The molecule has 2 N–H and O–H groups in total. The van der Waals surface area contributed by atoms with E-state index in [4.69, 9.17) is 17.3 Å². The third kappa shape index (κ3) is 2.97. The molecule has 1 aromatic rings. The highest BCUT2D eigenvalue weighted by molar-refractivity contribution is 6.18. The molecular formula is C9H11ClN2O2. The molecule has 0 aliphatic heterocycles. The van der Waals surface area contributed by atoms with Crippen LogP contribution in [-0.4, -0.2) is 16.8 Å². The van der Waals surface area contributed by atoms with E-state index < -0.39 is 4.92 Å². The summed E-state index contributed by atoms with van der Waals surface area (Å²) in [4.78, 5) is 9.93. The summed E-state index contributed by atoms with van der Waals surface area (Å²) in [6.45, 7) is 0. The molecule has 0 saturated heterocycles. The third-order valence-corrected chi connectivity index (χ3v) is 2.24. The lowest BCUT2D eigenvalue weighted by Gasteiger charge is -2.06. The number of hydrogen-bond donors (Lipinski definition) is 1. The van der Waals surface area contributed by atoms with Gasteiger partial charge in [-0.3, -0.25) is 10.1 Å². The SMILES string of the molecule is NC(CCl)Cc1ccc([N+](=O)[O-])cc1. The number of benzene rings is 1. The quantitative estimate of drug-likeness (QED) is 0.471. The second-order valence-electron chi connectivity index (χ2n) is 3.04. The van der Waals surface area contributed by atoms with Crippen LogP contribution in [0.25, 0.3) is 0 Å². The molecule has 4 nitrogen and oxygen atoms in total. The summed E-state index contributed by atoms with van der Waals surface area (Å²) in [5, 5.41) is 10.4. The van der Waals surface area contributed by atoms with Gasteiger partial charge in [-0.2, -0.15) is 0 Å². The first kappa shape index (κ1) is 10.9. The van der Waals surface area contributed by atoms with Crippen LogP contribution in [0.5, 0.6) is 0 Å². The molecule has 0 amide bonds. The first-order chi connectivity index (χ1) is 6.63. The summed E-state index contributed by atoms with van der Waals surface area (Å²) in [6.07, 6.45) is 0.640. The number of nitrogens with zero attached hydrogens (tertiary/aromatic N) is 1. The van der Waals surface area contributed by atoms with E-state index in [0.717, 1.165) is 5.56 Å². The highest BCUT2D eigenvalue weighted by Gasteiger charge is 2.06. The lowest BCUT2D eigenvalue weighted by atomic mass is 10.1. The first-order valence-electron chi connectivity index (χ1n) is 4.18. The standard InChI is InChI=1S/C9H11ClN2O2/c10-6-8(11)5-7-1-3-9(4-2-7)12(13)14/h1-4,8H,5-6,11H2. The van der Waals surface area contributed by atoms with Gasteiger partial charge in [0.2, 0.25) is 0 Å². The average Bonchev–Trinajstić information content (AvgIpc) is 2.18. The molecule has 14 heavy (non-hydrogen) atoms. The van der Waals surface area contributed by atoms with Crippen LogP contribution in [-0.2, 0) is 6.42 Å². The van der Waals surface area contributed by atoms with Crippen LogP contribution in [0, 0.1) is 10.1 Å².